The van der Waals surface area contributed by atoms with Crippen LogP contribution in [0.3, 0.4) is 0 Å². The SMILES string of the molecule is C/C(=N/NC(=O)c1ccc2c(c1)OCO2)[C@@H](c1ccccc1)[NH+]1CCOCC1. The van der Waals surface area contributed by atoms with Crippen LogP contribution in [0.4, 0.5) is 0 Å². The summed E-state index contributed by atoms with van der Waals surface area (Å²) >= 11 is 0. The number of nitrogens with zero attached hydrogens (tertiary/aromatic N) is 1. The second kappa shape index (κ2) is 8.41. The number of hydrogen-bond acceptors (Lipinski definition) is 5. The molecule has 28 heavy (non-hydrogen) atoms. The van der Waals surface area contributed by atoms with E-state index in [4.69, 9.17) is 14.2 Å². The molecule has 2 N–H and O–H groups in total. The van der Waals surface area contributed by atoms with Gasteiger partial charge in [0.15, 0.2) is 17.5 Å². The third-order valence-electron chi connectivity index (χ3n) is 5.06. The van der Waals surface area contributed by atoms with Gasteiger partial charge >= 0.3 is 0 Å². The maximum Gasteiger partial charge on any atom is 0.271 e. The van der Waals surface area contributed by atoms with E-state index in [0.717, 1.165) is 32.0 Å². The molecule has 0 aliphatic carbocycles. The van der Waals surface area contributed by atoms with Crippen molar-refractivity contribution >= 4 is 11.6 Å². The molecule has 0 spiro atoms. The van der Waals surface area contributed by atoms with Crippen molar-refractivity contribution in [3.8, 4) is 11.5 Å². The largest absolute Gasteiger partial charge is 0.454 e. The fraction of sp³-hybridized carbons (Fsp3) is 0.333. The van der Waals surface area contributed by atoms with E-state index in [1.165, 1.54) is 10.5 Å². The number of ether oxygens (including phenoxy) is 3. The Morgan fingerprint density at radius 1 is 1.07 bits per heavy atom. The molecule has 2 aromatic carbocycles. The fourth-order valence-corrected chi connectivity index (χ4v) is 3.65. The molecule has 7 nitrogen and oxygen atoms in total. The predicted octanol–water partition coefficient (Wildman–Crippen LogP) is 1.18. The average Bonchev–Trinajstić information content (AvgIpc) is 3.22. The number of carbonyl (C=O) groups is 1. The molecule has 0 bridgehead atoms. The number of quaternary nitrogens is 1. The van der Waals surface area contributed by atoms with Crippen molar-refractivity contribution in [1.82, 2.24) is 5.43 Å². The van der Waals surface area contributed by atoms with Gasteiger partial charge in [-0.25, -0.2) is 5.43 Å². The normalized spacial score (nSPS) is 18.0. The van der Waals surface area contributed by atoms with Gasteiger partial charge in [0, 0.05) is 11.1 Å². The Balaban J connectivity index is 1.51. The molecule has 4 rings (SSSR count). The maximum atomic E-state index is 12.5. The number of hydrogen-bond donors (Lipinski definition) is 2. The fourth-order valence-electron chi connectivity index (χ4n) is 3.65. The van der Waals surface area contributed by atoms with E-state index < -0.39 is 0 Å². The molecular weight excluding hydrogens is 358 g/mol. The van der Waals surface area contributed by atoms with Crippen molar-refractivity contribution in [1.29, 1.82) is 0 Å². The summed E-state index contributed by atoms with van der Waals surface area (Å²) < 4.78 is 16.1. The lowest BCUT2D eigenvalue weighted by Crippen LogP contribution is -3.15. The Labute approximate surface area is 163 Å². The van der Waals surface area contributed by atoms with Gasteiger partial charge in [-0.3, -0.25) is 4.79 Å². The Morgan fingerprint density at radius 3 is 2.61 bits per heavy atom. The van der Waals surface area contributed by atoms with Crippen LogP contribution in [0.15, 0.2) is 53.6 Å². The first-order chi connectivity index (χ1) is 13.7. The quantitative estimate of drug-likeness (QED) is 0.602. The molecule has 0 saturated carbocycles. The Hall–Kier alpha value is -2.90. The third-order valence-corrected chi connectivity index (χ3v) is 5.06. The van der Waals surface area contributed by atoms with Gasteiger partial charge < -0.3 is 19.1 Å². The van der Waals surface area contributed by atoms with E-state index in [1.807, 2.05) is 25.1 Å². The zero-order valence-corrected chi connectivity index (χ0v) is 15.8. The number of carbonyl (C=O) groups excluding carboxylic acids is 1. The number of rotatable bonds is 5. The van der Waals surface area contributed by atoms with Gasteiger partial charge in [0.2, 0.25) is 6.79 Å². The van der Waals surface area contributed by atoms with E-state index in [-0.39, 0.29) is 18.7 Å². The monoisotopic (exact) mass is 382 g/mol. The molecule has 1 fully saturated rings. The molecule has 1 atom stereocenters. The third kappa shape index (κ3) is 4.00. The Kier molecular flexibility index (Phi) is 5.55. The standard InChI is InChI=1S/C21H23N3O4/c1-15(20(16-5-3-2-4-6-16)24-9-11-26-12-10-24)22-23-21(25)17-7-8-18-19(13-17)28-14-27-18/h2-8,13,20H,9-12,14H2,1H3,(H,23,25)/p+1/b22-15-/t20-/m0/s1. The van der Waals surface area contributed by atoms with Crippen molar-refractivity contribution in [3.63, 3.8) is 0 Å². The molecule has 2 aromatic rings. The summed E-state index contributed by atoms with van der Waals surface area (Å²) in [6, 6.07) is 15.4. The highest BCUT2D eigenvalue weighted by Crippen LogP contribution is 2.32. The predicted molar refractivity (Wildman–Crippen MR) is 104 cm³/mol. The van der Waals surface area contributed by atoms with Crippen molar-refractivity contribution in [2.24, 2.45) is 5.10 Å². The second-order valence-corrected chi connectivity index (χ2v) is 6.88. The van der Waals surface area contributed by atoms with Crippen LogP contribution in [0.25, 0.3) is 0 Å². The highest BCUT2D eigenvalue weighted by Gasteiger charge is 2.29. The van der Waals surface area contributed by atoms with E-state index >= 15 is 0 Å². The number of benzene rings is 2. The van der Waals surface area contributed by atoms with Gasteiger partial charge in [0.25, 0.3) is 5.91 Å². The van der Waals surface area contributed by atoms with Gasteiger partial charge in [-0.2, -0.15) is 5.10 Å². The Morgan fingerprint density at radius 2 is 1.82 bits per heavy atom. The summed E-state index contributed by atoms with van der Waals surface area (Å²) in [6.45, 7) is 5.41. The lowest BCUT2D eigenvalue weighted by atomic mass is 10.0. The molecule has 1 amide bonds. The zero-order valence-electron chi connectivity index (χ0n) is 15.8. The lowest BCUT2D eigenvalue weighted by Gasteiger charge is -2.31. The van der Waals surface area contributed by atoms with E-state index in [0.29, 0.717) is 17.1 Å². The number of hydrazone groups is 1. The van der Waals surface area contributed by atoms with Crippen molar-refractivity contribution in [3.05, 3.63) is 59.7 Å². The highest BCUT2D eigenvalue weighted by molar-refractivity contribution is 5.96. The topological polar surface area (TPSA) is 73.6 Å². The van der Waals surface area contributed by atoms with Gasteiger partial charge in [-0.15, -0.1) is 0 Å². The summed E-state index contributed by atoms with van der Waals surface area (Å²) in [6.07, 6.45) is 0. The van der Waals surface area contributed by atoms with E-state index in [1.54, 1.807) is 18.2 Å². The molecule has 0 unspecified atom stereocenters. The summed E-state index contributed by atoms with van der Waals surface area (Å²) in [5.41, 5.74) is 5.21. The molecular formula is C21H24N3O4+. The van der Waals surface area contributed by atoms with Crippen LogP contribution >= 0.6 is 0 Å². The summed E-state index contributed by atoms with van der Waals surface area (Å²) in [5.74, 6) is 0.950. The first kappa shape index (κ1) is 18.5. The van der Waals surface area contributed by atoms with Gasteiger partial charge in [-0.05, 0) is 25.1 Å². The smallest absolute Gasteiger partial charge is 0.271 e. The minimum Gasteiger partial charge on any atom is -0.454 e. The van der Waals surface area contributed by atoms with Crippen LogP contribution in [-0.2, 0) is 4.74 Å². The van der Waals surface area contributed by atoms with Crippen LogP contribution in [0, 0.1) is 0 Å². The summed E-state index contributed by atoms with van der Waals surface area (Å²) in [7, 11) is 0. The van der Waals surface area contributed by atoms with Gasteiger partial charge in [0.1, 0.15) is 13.1 Å². The van der Waals surface area contributed by atoms with Crippen LogP contribution in [0.5, 0.6) is 11.5 Å². The number of fused-ring (bicyclic) bond motifs is 1. The Bertz CT molecular complexity index is 863. The molecule has 0 radical (unpaired) electrons. The molecule has 2 aliphatic rings. The lowest BCUT2D eigenvalue weighted by molar-refractivity contribution is -0.928. The minimum atomic E-state index is -0.276. The minimum absolute atomic E-state index is 0.0714. The average molecular weight is 382 g/mol. The highest BCUT2D eigenvalue weighted by atomic mass is 16.7. The van der Waals surface area contributed by atoms with Crippen molar-refractivity contribution in [2.75, 3.05) is 33.1 Å². The van der Waals surface area contributed by atoms with Gasteiger partial charge in [-0.1, -0.05) is 30.3 Å². The molecule has 0 aromatic heterocycles. The number of amides is 1. The van der Waals surface area contributed by atoms with E-state index in [2.05, 4.69) is 22.7 Å². The number of morpholine rings is 1. The molecule has 2 heterocycles. The first-order valence-corrected chi connectivity index (χ1v) is 9.44. The van der Waals surface area contributed by atoms with E-state index in [9.17, 15) is 4.79 Å². The number of nitrogens with one attached hydrogen (secondary N) is 2. The maximum absolute atomic E-state index is 12.5. The first-order valence-electron chi connectivity index (χ1n) is 9.44. The van der Waals surface area contributed by atoms with Gasteiger partial charge in [0.05, 0.1) is 18.9 Å². The molecule has 2 aliphatic heterocycles. The summed E-state index contributed by atoms with van der Waals surface area (Å²) in [4.78, 5) is 13.9. The van der Waals surface area contributed by atoms with Crippen LogP contribution in [-0.4, -0.2) is 44.7 Å². The zero-order chi connectivity index (χ0) is 19.3. The van der Waals surface area contributed by atoms with Crippen LogP contribution in [0.1, 0.15) is 28.9 Å². The molecule has 1 saturated heterocycles. The second-order valence-electron chi connectivity index (χ2n) is 6.88. The van der Waals surface area contributed by atoms with Crippen LogP contribution < -0.4 is 19.8 Å². The summed E-state index contributed by atoms with van der Waals surface area (Å²) in [5, 5.41) is 4.43. The van der Waals surface area contributed by atoms with Crippen molar-refractivity contribution < 1.29 is 23.9 Å². The van der Waals surface area contributed by atoms with Crippen LogP contribution in [0.2, 0.25) is 0 Å². The van der Waals surface area contributed by atoms with Crippen molar-refractivity contribution in [2.45, 2.75) is 13.0 Å². The molecule has 7 heteroatoms. The molecule has 146 valence electrons.